The van der Waals surface area contributed by atoms with Crippen molar-refractivity contribution < 1.29 is 19.8 Å². The number of amides is 1. The predicted octanol–water partition coefficient (Wildman–Crippen LogP) is 2.11. The van der Waals surface area contributed by atoms with Crippen molar-refractivity contribution in [3.63, 3.8) is 0 Å². The van der Waals surface area contributed by atoms with Crippen LogP contribution in [0, 0.1) is 11.8 Å². The highest BCUT2D eigenvalue weighted by Gasteiger charge is 2.25. The van der Waals surface area contributed by atoms with Crippen LogP contribution in [0.5, 0.6) is 0 Å². The largest absolute Gasteiger partial charge is 0.391 e. The molecule has 3 rings (SSSR count). The first-order chi connectivity index (χ1) is 15.5. The smallest absolute Gasteiger partial charge is 0.251 e. The van der Waals surface area contributed by atoms with Crippen LogP contribution in [0.4, 0.5) is 0 Å². The Bertz CT molecular complexity index is 966. The third-order valence-corrected chi connectivity index (χ3v) is 5.58. The molecule has 1 fully saturated rings. The number of aliphatic hydroxyl groups is 2. The van der Waals surface area contributed by atoms with Crippen molar-refractivity contribution in [2.24, 2.45) is 0 Å². The van der Waals surface area contributed by atoms with Crippen LogP contribution < -0.4 is 5.32 Å². The quantitative estimate of drug-likeness (QED) is 0.581. The van der Waals surface area contributed by atoms with Gasteiger partial charge >= 0.3 is 0 Å². The average molecular weight is 435 g/mol. The van der Waals surface area contributed by atoms with Gasteiger partial charge in [0.25, 0.3) is 5.91 Å². The third-order valence-electron chi connectivity index (χ3n) is 5.58. The fourth-order valence-electron chi connectivity index (χ4n) is 3.71. The van der Waals surface area contributed by atoms with Gasteiger partial charge in [0.15, 0.2) is 5.78 Å². The second-order valence-electron chi connectivity index (χ2n) is 8.18. The van der Waals surface area contributed by atoms with Gasteiger partial charge in [0.1, 0.15) is 12.6 Å². The molecule has 2 aromatic rings. The van der Waals surface area contributed by atoms with Gasteiger partial charge < -0.3 is 15.5 Å². The molecule has 2 atom stereocenters. The van der Waals surface area contributed by atoms with Gasteiger partial charge in [-0.05, 0) is 74.8 Å². The standard InChI is InChI=1S/C26H30N2O4/c1-19(30)25(24(31)18-29)27-26(32)23-13-11-21(12-14-23)6-5-20-7-9-22(10-8-20)17-28-15-3-2-4-16-28/h7-14,19,25,29-30H,2-4,15-18H2,1H3,(H,27,32)/t19-,25+/m1/s1. The van der Waals surface area contributed by atoms with Crippen LogP contribution in [0.1, 0.15) is 53.2 Å². The Morgan fingerprint density at radius 2 is 1.53 bits per heavy atom. The predicted molar refractivity (Wildman–Crippen MR) is 123 cm³/mol. The van der Waals surface area contributed by atoms with Gasteiger partial charge in [-0.3, -0.25) is 14.5 Å². The van der Waals surface area contributed by atoms with Crippen molar-refractivity contribution in [3.8, 4) is 11.8 Å². The Balaban J connectivity index is 1.58. The van der Waals surface area contributed by atoms with Crippen LogP contribution in [0.2, 0.25) is 0 Å². The maximum atomic E-state index is 12.3. The first kappa shape index (κ1) is 23.7. The number of hydrogen-bond acceptors (Lipinski definition) is 5. The average Bonchev–Trinajstić information content (AvgIpc) is 2.82. The zero-order valence-electron chi connectivity index (χ0n) is 18.4. The number of ketones is 1. The molecular formula is C26H30N2O4. The molecule has 32 heavy (non-hydrogen) atoms. The Morgan fingerprint density at radius 1 is 0.969 bits per heavy atom. The molecule has 0 unspecified atom stereocenters. The lowest BCUT2D eigenvalue weighted by Crippen LogP contribution is -2.48. The molecule has 1 saturated heterocycles. The molecule has 0 radical (unpaired) electrons. The van der Waals surface area contributed by atoms with Crippen molar-refractivity contribution in [2.75, 3.05) is 19.7 Å². The number of likely N-dealkylation sites (tertiary alicyclic amines) is 1. The van der Waals surface area contributed by atoms with E-state index in [0.717, 1.165) is 17.7 Å². The van der Waals surface area contributed by atoms with E-state index >= 15 is 0 Å². The second kappa shape index (κ2) is 11.6. The number of Topliss-reactive ketones (excluding diaryl/α,β-unsaturated/α-hetero) is 1. The molecule has 0 aliphatic carbocycles. The van der Waals surface area contributed by atoms with Gasteiger partial charge in [0, 0.05) is 23.2 Å². The molecular weight excluding hydrogens is 404 g/mol. The van der Waals surface area contributed by atoms with Gasteiger partial charge in [-0.15, -0.1) is 0 Å². The highest BCUT2D eigenvalue weighted by molar-refractivity contribution is 5.98. The lowest BCUT2D eigenvalue weighted by atomic mass is 10.1. The van der Waals surface area contributed by atoms with E-state index in [2.05, 4.69) is 34.2 Å². The lowest BCUT2D eigenvalue weighted by Gasteiger charge is -2.26. The number of carbonyl (C=O) groups is 2. The van der Waals surface area contributed by atoms with E-state index in [1.807, 2.05) is 12.1 Å². The number of benzene rings is 2. The summed E-state index contributed by atoms with van der Waals surface area (Å²) in [7, 11) is 0. The van der Waals surface area contributed by atoms with Crippen molar-refractivity contribution in [3.05, 3.63) is 70.8 Å². The molecule has 3 N–H and O–H groups in total. The minimum absolute atomic E-state index is 0.342. The van der Waals surface area contributed by atoms with E-state index < -0.39 is 30.4 Å². The van der Waals surface area contributed by atoms with Gasteiger partial charge in [0.05, 0.1) is 6.10 Å². The molecule has 0 bridgehead atoms. The first-order valence-corrected chi connectivity index (χ1v) is 11.0. The molecule has 0 aromatic heterocycles. The fourth-order valence-corrected chi connectivity index (χ4v) is 3.71. The van der Waals surface area contributed by atoms with E-state index in [1.54, 1.807) is 24.3 Å². The summed E-state index contributed by atoms with van der Waals surface area (Å²) in [6.07, 6.45) is 2.80. The van der Waals surface area contributed by atoms with Crippen molar-refractivity contribution in [2.45, 2.75) is 44.9 Å². The van der Waals surface area contributed by atoms with Crippen LogP contribution in [0.3, 0.4) is 0 Å². The van der Waals surface area contributed by atoms with Gasteiger partial charge in [0.2, 0.25) is 0 Å². The number of rotatable bonds is 7. The third kappa shape index (κ3) is 6.76. The van der Waals surface area contributed by atoms with Crippen LogP contribution in [0.25, 0.3) is 0 Å². The van der Waals surface area contributed by atoms with Crippen LogP contribution in [-0.4, -0.2) is 58.6 Å². The minimum Gasteiger partial charge on any atom is -0.391 e. The number of carbonyl (C=O) groups excluding carboxylic acids is 2. The van der Waals surface area contributed by atoms with E-state index in [4.69, 9.17) is 5.11 Å². The molecule has 2 aromatic carbocycles. The maximum absolute atomic E-state index is 12.3. The SMILES string of the molecule is C[C@@H](O)[C@H](NC(=O)c1ccc(C#Cc2ccc(CN3CCCCC3)cc2)cc1)C(=O)CO. The van der Waals surface area contributed by atoms with Gasteiger partial charge in [-0.2, -0.15) is 0 Å². The molecule has 1 aliphatic rings. The number of aliphatic hydroxyl groups excluding tert-OH is 2. The monoisotopic (exact) mass is 434 g/mol. The van der Waals surface area contributed by atoms with Crippen LogP contribution in [-0.2, 0) is 11.3 Å². The van der Waals surface area contributed by atoms with Crippen molar-refractivity contribution >= 4 is 11.7 Å². The van der Waals surface area contributed by atoms with E-state index in [9.17, 15) is 14.7 Å². The van der Waals surface area contributed by atoms with Crippen molar-refractivity contribution in [1.29, 1.82) is 0 Å². The summed E-state index contributed by atoms with van der Waals surface area (Å²) in [5, 5.41) is 21.1. The first-order valence-electron chi connectivity index (χ1n) is 11.0. The Morgan fingerprint density at radius 3 is 2.06 bits per heavy atom. The number of piperidine rings is 1. The number of nitrogens with zero attached hydrogens (tertiary/aromatic N) is 1. The van der Waals surface area contributed by atoms with E-state index in [1.165, 1.54) is 44.8 Å². The maximum Gasteiger partial charge on any atom is 0.251 e. The van der Waals surface area contributed by atoms with Crippen LogP contribution >= 0.6 is 0 Å². The van der Waals surface area contributed by atoms with Crippen LogP contribution in [0.15, 0.2) is 48.5 Å². The minimum atomic E-state index is -1.15. The summed E-state index contributed by atoms with van der Waals surface area (Å²) in [4.78, 5) is 26.5. The fraction of sp³-hybridized carbons (Fsp3) is 0.385. The molecule has 0 saturated carbocycles. The normalized spacial score (nSPS) is 15.8. The highest BCUT2D eigenvalue weighted by atomic mass is 16.3. The Kier molecular flexibility index (Phi) is 8.57. The highest BCUT2D eigenvalue weighted by Crippen LogP contribution is 2.13. The topological polar surface area (TPSA) is 89.9 Å². The lowest BCUT2D eigenvalue weighted by molar-refractivity contribution is -0.125. The van der Waals surface area contributed by atoms with Gasteiger partial charge in [-0.25, -0.2) is 0 Å². The number of nitrogens with one attached hydrogen (secondary N) is 1. The summed E-state index contributed by atoms with van der Waals surface area (Å²) in [6, 6.07) is 13.9. The summed E-state index contributed by atoms with van der Waals surface area (Å²) >= 11 is 0. The zero-order chi connectivity index (χ0) is 22.9. The summed E-state index contributed by atoms with van der Waals surface area (Å²) in [5.74, 6) is 5.10. The second-order valence-corrected chi connectivity index (χ2v) is 8.18. The molecule has 1 amide bonds. The summed E-state index contributed by atoms with van der Waals surface area (Å²) in [6.45, 7) is 3.97. The van der Waals surface area contributed by atoms with E-state index in [-0.39, 0.29) is 0 Å². The zero-order valence-corrected chi connectivity index (χ0v) is 18.4. The van der Waals surface area contributed by atoms with Crippen molar-refractivity contribution in [1.82, 2.24) is 10.2 Å². The molecule has 168 valence electrons. The molecule has 6 heteroatoms. The molecule has 1 aliphatic heterocycles. The molecule has 6 nitrogen and oxygen atoms in total. The summed E-state index contributed by atoms with van der Waals surface area (Å²) < 4.78 is 0. The number of hydrogen-bond donors (Lipinski definition) is 3. The van der Waals surface area contributed by atoms with Gasteiger partial charge in [-0.1, -0.05) is 30.4 Å². The Labute approximate surface area is 189 Å². The molecule has 0 spiro atoms. The summed E-state index contributed by atoms with van der Waals surface area (Å²) in [5.41, 5.74) is 3.32. The molecule has 1 heterocycles. The Hall–Kier alpha value is -2.98. The van der Waals surface area contributed by atoms with E-state index in [0.29, 0.717) is 5.56 Å².